The maximum Gasteiger partial charge on any atom is 0.175 e. The van der Waals surface area contributed by atoms with Crippen LogP contribution < -0.4 is 10.1 Å². The van der Waals surface area contributed by atoms with Crippen LogP contribution >= 0.6 is 0 Å². The predicted molar refractivity (Wildman–Crippen MR) is 82.1 cm³/mol. The Balaban J connectivity index is 2.16. The van der Waals surface area contributed by atoms with E-state index in [1.165, 1.54) is 12.7 Å². The van der Waals surface area contributed by atoms with Gasteiger partial charge in [0.2, 0.25) is 0 Å². The normalized spacial score (nSPS) is 11.5. The lowest BCUT2D eigenvalue weighted by molar-refractivity contribution is 0.304. The van der Waals surface area contributed by atoms with E-state index >= 15 is 0 Å². The maximum atomic E-state index is 11.3. The predicted octanol–water partition coefficient (Wildman–Crippen LogP) is 2.64. The standard InChI is InChI=1S/C15H25NO3S/c1-3-11-16-12-5-4-6-13-19-14-7-9-15(10-8-14)20(2,17)18/h7-10,16H,3-6,11-13H2,1-2H3. The van der Waals surface area contributed by atoms with Gasteiger partial charge in [-0.05, 0) is 63.0 Å². The number of rotatable bonds is 10. The third-order valence-corrected chi connectivity index (χ3v) is 4.07. The fourth-order valence-electron chi connectivity index (χ4n) is 1.80. The molecule has 0 spiro atoms. The molecule has 1 aromatic carbocycles. The fourth-order valence-corrected chi connectivity index (χ4v) is 2.43. The Kier molecular flexibility index (Phi) is 7.62. The number of sulfone groups is 1. The monoisotopic (exact) mass is 299 g/mol. The SMILES string of the molecule is CCCNCCCCCOc1ccc(S(C)(=O)=O)cc1. The molecule has 0 heterocycles. The highest BCUT2D eigenvalue weighted by Crippen LogP contribution is 2.16. The zero-order chi connectivity index (χ0) is 14.8. The summed E-state index contributed by atoms with van der Waals surface area (Å²) in [4.78, 5) is 0.326. The van der Waals surface area contributed by atoms with Gasteiger partial charge in [0.15, 0.2) is 9.84 Å². The van der Waals surface area contributed by atoms with Crippen LogP contribution in [0.25, 0.3) is 0 Å². The van der Waals surface area contributed by atoms with Crippen molar-refractivity contribution in [1.29, 1.82) is 0 Å². The van der Waals surface area contributed by atoms with Crippen molar-refractivity contribution in [3.05, 3.63) is 24.3 Å². The number of benzene rings is 1. The van der Waals surface area contributed by atoms with Crippen molar-refractivity contribution >= 4 is 9.84 Å². The van der Waals surface area contributed by atoms with E-state index in [1.807, 2.05) is 0 Å². The summed E-state index contributed by atoms with van der Waals surface area (Å²) in [7, 11) is -3.12. The van der Waals surface area contributed by atoms with Crippen LogP contribution in [0.3, 0.4) is 0 Å². The van der Waals surface area contributed by atoms with E-state index < -0.39 is 9.84 Å². The molecule has 0 atom stereocenters. The van der Waals surface area contributed by atoms with Gasteiger partial charge in [-0.25, -0.2) is 8.42 Å². The minimum absolute atomic E-state index is 0.326. The number of nitrogens with one attached hydrogen (secondary N) is 1. The molecule has 4 nitrogen and oxygen atoms in total. The summed E-state index contributed by atoms with van der Waals surface area (Å²) in [5.41, 5.74) is 0. The second-order valence-electron chi connectivity index (χ2n) is 4.90. The molecule has 0 aliphatic heterocycles. The number of unbranched alkanes of at least 4 members (excludes halogenated alkanes) is 2. The molecule has 0 saturated heterocycles. The van der Waals surface area contributed by atoms with Crippen LogP contribution in [0.2, 0.25) is 0 Å². The zero-order valence-electron chi connectivity index (χ0n) is 12.4. The van der Waals surface area contributed by atoms with Crippen LogP contribution in [-0.2, 0) is 9.84 Å². The van der Waals surface area contributed by atoms with Crippen molar-refractivity contribution in [2.45, 2.75) is 37.5 Å². The Morgan fingerprint density at radius 2 is 1.75 bits per heavy atom. The molecule has 5 heteroatoms. The van der Waals surface area contributed by atoms with E-state index in [9.17, 15) is 8.42 Å². The van der Waals surface area contributed by atoms with Crippen LogP contribution in [0, 0.1) is 0 Å². The van der Waals surface area contributed by atoms with Gasteiger partial charge in [-0.2, -0.15) is 0 Å². The molecule has 1 rings (SSSR count). The topological polar surface area (TPSA) is 55.4 Å². The highest BCUT2D eigenvalue weighted by atomic mass is 32.2. The molecule has 0 aromatic heterocycles. The number of hydrogen-bond acceptors (Lipinski definition) is 4. The molecular formula is C15H25NO3S. The summed E-state index contributed by atoms with van der Waals surface area (Å²) in [6, 6.07) is 6.58. The van der Waals surface area contributed by atoms with Crippen LogP contribution in [-0.4, -0.2) is 34.4 Å². The molecular weight excluding hydrogens is 274 g/mol. The van der Waals surface area contributed by atoms with Crippen molar-refractivity contribution in [3.63, 3.8) is 0 Å². The summed E-state index contributed by atoms with van der Waals surface area (Å²) >= 11 is 0. The van der Waals surface area contributed by atoms with Crippen molar-refractivity contribution < 1.29 is 13.2 Å². The van der Waals surface area contributed by atoms with Gasteiger partial charge in [0.25, 0.3) is 0 Å². The smallest absolute Gasteiger partial charge is 0.175 e. The molecule has 0 aliphatic carbocycles. The largest absolute Gasteiger partial charge is 0.494 e. The summed E-state index contributed by atoms with van der Waals surface area (Å²) < 4.78 is 28.2. The molecule has 1 N–H and O–H groups in total. The van der Waals surface area contributed by atoms with Crippen LogP contribution in [0.4, 0.5) is 0 Å². The van der Waals surface area contributed by atoms with Gasteiger partial charge in [0, 0.05) is 6.26 Å². The minimum atomic E-state index is -3.12. The first-order chi connectivity index (χ1) is 9.54. The molecule has 0 unspecified atom stereocenters. The van der Waals surface area contributed by atoms with E-state index in [1.54, 1.807) is 24.3 Å². The van der Waals surface area contributed by atoms with Gasteiger partial charge in [-0.3, -0.25) is 0 Å². The Bertz CT molecular complexity index is 468. The first kappa shape index (κ1) is 17.0. The van der Waals surface area contributed by atoms with Crippen molar-refractivity contribution in [2.24, 2.45) is 0 Å². The average molecular weight is 299 g/mol. The van der Waals surface area contributed by atoms with Gasteiger partial charge < -0.3 is 10.1 Å². The second-order valence-corrected chi connectivity index (χ2v) is 6.92. The van der Waals surface area contributed by atoms with Gasteiger partial charge in [0.1, 0.15) is 5.75 Å². The average Bonchev–Trinajstić information content (AvgIpc) is 2.41. The van der Waals surface area contributed by atoms with Crippen LogP contribution in [0.5, 0.6) is 5.75 Å². The Labute approximate surface area is 122 Å². The molecule has 0 bridgehead atoms. The highest BCUT2D eigenvalue weighted by Gasteiger charge is 2.06. The van der Waals surface area contributed by atoms with E-state index in [0.717, 1.165) is 38.1 Å². The molecule has 20 heavy (non-hydrogen) atoms. The zero-order valence-corrected chi connectivity index (χ0v) is 13.2. The van der Waals surface area contributed by atoms with E-state index in [4.69, 9.17) is 4.74 Å². The minimum Gasteiger partial charge on any atom is -0.494 e. The lowest BCUT2D eigenvalue weighted by atomic mass is 10.2. The Hall–Kier alpha value is -1.07. The molecule has 0 saturated carbocycles. The van der Waals surface area contributed by atoms with E-state index in [2.05, 4.69) is 12.2 Å². The third-order valence-electron chi connectivity index (χ3n) is 2.95. The first-order valence-electron chi connectivity index (χ1n) is 7.17. The highest BCUT2D eigenvalue weighted by molar-refractivity contribution is 7.90. The van der Waals surface area contributed by atoms with E-state index in [0.29, 0.717) is 11.5 Å². The van der Waals surface area contributed by atoms with Gasteiger partial charge in [0.05, 0.1) is 11.5 Å². The quantitative estimate of drug-likeness (QED) is 0.675. The van der Waals surface area contributed by atoms with Crippen molar-refractivity contribution in [3.8, 4) is 5.75 Å². The van der Waals surface area contributed by atoms with Crippen molar-refractivity contribution in [2.75, 3.05) is 26.0 Å². The summed E-state index contributed by atoms with van der Waals surface area (Å²) in [6.45, 7) is 4.99. The lowest BCUT2D eigenvalue weighted by Gasteiger charge is -2.07. The molecule has 0 fully saturated rings. The summed E-state index contributed by atoms with van der Waals surface area (Å²) in [5.74, 6) is 0.724. The number of hydrogen-bond donors (Lipinski definition) is 1. The second kappa shape index (κ2) is 8.97. The fraction of sp³-hybridized carbons (Fsp3) is 0.600. The molecule has 0 aliphatic rings. The summed E-state index contributed by atoms with van der Waals surface area (Å²) in [6.07, 6.45) is 5.69. The van der Waals surface area contributed by atoms with E-state index in [-0.39, 0.29) is 0 Å². The lowest BCUT2D eigenvalue weighted by Crippen LogP contribution is -2.15. The first-order valence-corrected chi connectivity index (χ1v) is 9.07. The molecule has 0 radical (unpaired) electrons. The van der Waals surface area contributed by atoms with Crippen LogP contribution in [0.15, 0.2) is 29.2 Å². The summed E-state index contributed by atoms with van der Waals surface area (Å²) in [5, 5.41) is 3.37. The Morgan fingerprint density at radius 1 is 1.05 bits per heavy atom. The maximum absolute atomic E-state index is 11.3. The third kappa shape index (κ3) is 6.91. The van der Waals surface area contributed by atoms with Gasteiger partial charge in [-0.15, -0.1) is 0 Å². The van der Waals surface area contributed by atoms with Gasteiger partial charge in [-0.1, -0.05) is 6.92 Å². The Morgan fingerprint density at radius 3 is 2.35 bits per heavy atom. The number of ether oxygens (including phenoxy) is 1. The molecule has 1 aromatic rings. The molecule has 0 amide bonds. The van der Waals surface area contributed by atoms with Crippen LogP contribution in [0.1, 0.15) is 32.6 Å². The van der Waals surface area contributed by atoms with Crippen molar-refractivity contribution in [1.82, 2.24) is 5.32 Å². The van der Waals surface area contributed by atoms with Gasteiger partial charge >= 0.3 is 0 Å². The molecule has 114 valence electrons.